The lowest BCUT2D eigenvalue weighted by atomic mass is 9.94. The summed E-state index contributed by atoms with van der Waals surface area (Å²) in [6, 6.07) is 0.401. The van der Waals surface area contributed by atoms with Crippen LogP contribution in [0.5, 0.6) is 0 Å². The zero-order chi connectivity index (χ0) is 10.8. The van der Waals surface area contributed by atoms with E-state index in [4.69, 9.17) is 0 Å². The maximum absolute atomic E-state index is 11.6. The molecule has 3 nitrogen and oxygen atoms in total. The van der Waals surface area contributed by atoms with Crippen LogP contribution in [0.15, 0.2) is 0 Å². The van der Waals surface area contributed by atoms with Crippen molar-refractivity contribution in [2.24, 2.45) is 0 Å². The normalized spacial score (nSPS) is 37.3. The Kier molecular flexibility index (Phi) is 3.57. The van der Waals surface area contributed by atoms with Crippen LogP contribution in [0.25, 0.3) is 0 Å². The van der Waals surface area contributed by atoms with Crippen LogP contribution in [0.2, 0.25) is 0 Å². The number of thioether (sulfide) groups is 1. The van der Waals surface area contributed by atoms with E-state index in [0.717, 1.165) is 18.1 Å². The maximum Gasteiger partial charge on any atom is 0.225 e. The number of likely N-dealkylation sites (tertiary alicyclic amines) is 1. The summed E-state index contributed by atoms with van der Waals surface area (Å²) in [6.45, 7) is 0.563. The van der Waals surface area contributed by atoms with E-state index in [-0.39, 0.29) is 5.91 Å². The van der Waals surface area contributed by atoms with E-state index in [9.17, 15) is 9.90 Å². The van der Waals surface area contributed by atoms with Crippen LogP contribution >= 0.6 is 11.8 Å². The Hall–Kier alpha value is -0.220. The Bertz CT molecular complexity index is 239. The molecule has 1 saturated carbocycles. The molecule has 1 unspecified atom stereocenters. The van der Waals surface area contributed by atoms with E-state index < -0.39 is 6.10 Å². The summed E-state index contributed by atoms with van der Waals surface area (Å²) in [5.74, 6) is 0.148. The van der Waals surface area contributed by atoms with E-state index in [1.807, 2.05) is 16.7 Å². The molecule has 2 rings (SSSR count). The van der Waals surface area contributed by atoms with Gasteiger partial charge in [0, 0.05) is 17.8 Å². The molecular formula is C11H19NO2S. The largest absolute Gasteiger partial charge is 0.391 e. The van der Waals surface area contributed by atoms with Crippen LogP contribution in [0, 0.1) is 0 Å². The number of aliphatic hydroxyl groups excluding tert-OH is 1. The van der Waals surface area contributed by atoms with Gasteiger partial charge in [-0.3, -0.25) is 4.79 Å². The molecule has 4 heteroatoms. The fraction of sp³-hybridized carbons (Fsp3) is 0.909. The lowest BCUT2D eigenvalue weighted by molar-refractivity contribution is -0.130. The summed E-state index contributed by atoms with van der Waals surface area (Å²) >= 11 is 1.94. The average molecular weight is 229 g/mol. The smallest absolute Gasteiger partial charge is 0.225 e. The molecule has 1 atom stereocenters. The molecule has 1 saturated heterocycles. The van der Waals surface area contributed by atoms with Gasteiger partial charge in [-0.1, -0.05) is 0 Å². The van der Waals surface area contributed by atoms with Gasteiger partial charge < -0.3 is 10.0 Å². The quantitative estimate of drug-likeness (QED) is 0.775. The van der Waals surface area contributed by atoms with Crippen molar-refractivity contribution in [1.29, 1.82) is 0 Å². The SMILES string of the molecule is CSC1CCC(N2CC(O)CC2=O)CC1. The van der Waals surface area contributed by atoms with Gasteiger partial charge in [-0.25, -0.2) is 0 Å². The van der Waals surface area contributed by atoms with Crippen LogP contribution in [0.3, 0.4) is 0 Å². The number of amides is 1. The van der Waals surface area contributed by atoms with Crippen molar-refractivity contribution in [2.75, 3.05) is 12.8 Å². The Labute approximate surface area is 95.2 Å². The van der Waals surface area contributed by atoms with Gasteiger partial charge >= 0.3 is 0 Å². The molecule has 0 aromatic rings. The fourth-order valence-corrected chi connectivity index (χ4v) is 3.40. The molecule has 0 aromatic heterocycles. The molecule has 2 fully saturated rings. The van der Waals surface area contributed by atoms with Crippen molar-refractivity contribution in [2.45, 2.75) is 49.5 Å². The minimum Gasteiger partial charge on any atom is -0.391 e. The molecule has 1 aliphatic heterocycles. The number of nitrogens with zero attached hydrogens (tertiary/aromatic N) is 1. The third-order valence-electron chi connectivity index (χ3n) is 3.56. The minimum atomic E-state index is -0.421. The number of carbonyl (C=O) groups is 1. The van der Waals surface area contributed by atoms with E-state index in [0.29, 0.717) is 19.0 Å². The third-order valence-corrected chi connectivity index (χ3v) is 4.69. The summed E-state index contributed by atoms with van der Waals surface area (Å²) in [4.78, 5) is 13.5. The van der Waals surface area contributed by atoms with Gasteiger partial charge in [-0.2, -0.15) is 11.8 Å². The average Bonchev–Trinajstić information content (AvgIpc) is 2.58. The highest BCUT2D eigenvalue weighted by atomic mass is 32.2. The maximum atomic E-state index is 11.6. The predicted octanol–water partition coefficient (Wildman–Crippen LogP) is 1.25. The number of carbonyl (C=O) groups excluding carboxylic acids is 1. The van der Waals surface area contributed by atoms with Crippen LogP contribution in [-0.4, -0.2) is 46.1 Å². The molecule has 2 aliphatic rings. The molecule has 86 valence electrons. The minimum absolute atomic E-state index is 0.148. The summed E-state index contributed by atoms with van der Waals surface area (Å²) < 4.78 is 0. The molecule has 1 N–H and O–H groups in total. The van der Waals surface area contributed by atoms with Crippen LogP contribution in [0.1, 0.15) is 32.1 Å². The zero-order valence-electron chi connectivity index (χ0n) is 9.19. The second kappa shape index (κ2) is 4.74. The van der Waals surface area contributed by atoms with E-state index in [1.54, 1.807) is 0 Å². The highest BCUT2D eigenvalue weighted by molar-refractivity contribution is 7.99. The van der Waals surface area contributed by atoms with Crippen LogP contribution in [-0.2, 0) is 4.79 Å². The predicted molar refractivity (Wildman–Crippen MR) is 61.9 cm³/mol. The summed E-state index contributed by atoms with van der Waals surface area (Å²) in [5.41, 5.74) is 0. The van der Waals surface area contributed by atoms with Crippen molar-refractivity contribution in [3.63, 3.8) is 0 Å². The summed E-state index contributed by atoms with van der Waals surface area (Å²) in [6.07, 6.45) is 6.74. The number of hydrogen-bond donors (Lipinski definition) is 1. The van der Waals surface area contributed by atoms with Gasteiger partial charge in [0.15, 0.2) is 0 Å². The number of rotatable bonds is 2. The highest BCUT2D eigenvalue weighted by Crippen LogP contribution is 2.31. The first kappa shape index (κ1) is 11.3. The zero-order valence-corrected chi connectivity index (χ0v) is 10.0. The number of β-amino-alcohol motifs (C(OH)–C–C–N with tert-alkyl or cyclic N) is 1. The lowest BCUT2D eigenvalue weighted by Gasteiger charge is -2.34. The highest BCUT2D eigenvalue weighted by Gasteiger charge is 2.34. The van der Waals surface area contributed by atoms with E-state index >= 15 is 0 Å². The lowest BCUT2D eigenvalue weighted by Crippen LogP contribution is -2.39. The standard InChI is InChI=1S/C11H19NO2S/c1-15-10-4-2-8(3-5-10)12-7-9(13)6-11(12)14/h8-10,13H,2-7H2,1H3. The Morgan fingerprint density at radius 3 is 2.47 bits per heavy atom. The molecule has 1 aliphatic carbocycles. The van der Waals surface area contributed by atoms with Gasteiger partial charge in [-0.05, 0) is 31.9 Å². The number of hydrogen-bond acceptors (Lipinski definition) is 3. The van der Waals surface area contributed by atoms with Crippen molar-refractivity contribution in [1.82, 2.24) is 4.90 Å². The van der Waals surface area contributed by atoms with E-state index in [2.05, 4.69) is 6.26 Å². The summed E-state index contributed by atoms with van der Waals surface area (Å²) in [5, 5.41) is 10.2. The Morgan fingerprint density at radius 1 is 1.33 bits per heavy atom. The Morgan fingerprint density at radius 2 is 2.00 bits per heavy atom. The molecule has 0 radical (unpaired) electrons. The van der Waals surface area contributed by atoms with Gasteiger partial charge in [0.25, 0.3) is 0 Å². The molecule has 15 heavy (non-hydrogen) atoms. The van der Waals surface area contributed by atoms with Crippen molar-refractivity contribution in [3.8, 4) is 0 Å². The van der Waals surface area contributed by atoms with Gasteiger partial charge in [0.1, 0.15) is 0 Å². The van der Waals surface area contributed by atoms with Crippen molar-refractivity contribution in [3.05, 3.63) is 0 Å². The molecule has 0 bridgehead atoms. The molecule has 1 amide bonds. The number of aliphatic hydroxyl groups is 1. The summed E-state index contributed by atoms with van der Waals surface area (Å²) in [7, 11) is 0. The van der Waals surface area contributed by atoms with Gasteiger partial charge in [-0.15, -0.1) is 0 Å². The third kappa shape index (κ3) is 2.48. The van der Waals surface area contributed by atoms with Crippen LogP contribution < -0.4 is 0 Å². The van der Waals surface area contributed by atoms with Crippen molar-refractivity contribution >= 4 is 17.7 Å². The molecule has 0 aromatic carbocycles. The molecule has 0 spiro atoms. The first-order valence-electron chi connectivity index (χ1n) is 5.71. The topological polar surface area (TPSA) is 40.5 Å². The first-order valence-corrected chi connectivity index (χ1v) is 7.00. The first-order chi connectivity index (χ1) is 7.20. The molecule has 1 heterocycles. The second-order valence-electron chi connectivity index (χ2n) is 4.57. The van der Waals surface area contributed by atoms with Gasteiger partial charge in [0.05, 0.1) is 12.5 Å². The monoisotopic (exact) mass is 229 g/mol. The van der Waals surface area contributed by atoms with E-state index in [1.165, 1.54) is 12.8 Å². The van der Waals surface area contributed by atoms with Crippen LogP contribution in [0.4, 0.5) is 0 Å². The fourth-order valence-electron chi connectivity index (χ4n) is 2.66. The van der Waals surface area contributed by atoms with Crippen molar-refractivity contribution < 1.29 is 9.90 Å². The van der Waals surface area contributed by atoms with Gasteiger partial charge in [0.2, 0.25) is 5.91 Å². The second-order valence-corrected chi connectivity index (χ2v) is 5.71. The Balaban J connectivity index is 1.88. The molecular weight excluding hydrogens is 210 g/mol.